The van der Waals surface area contributed by atoms with Crippen LogP contribution in [0, 0.1) is 5.92 Å². The van der Waals surface area contributed by atoms with Gasteiger partial charge >= 0.3 is 5.97 Å². The van der Waals surface area contributed by atoms with Crippen molar-refractivity contribution < 1.29 is 14.3 Å². The smallest absolute Gasteiger partial charge is 0.340 e. The fourth-order valence-electron chi connectivity index (χ4n) is 2.11. The van der Waals surface area contributed by atoms with E-state index in [2.05, 4.69) is 38.5 Å². The molecule has 0 unspecified atom stereocenters. The van der Waals surface area contributed by atoms with Crippen molar-refractivity contribution >= 4 is 11.7 Å². The van der Waals surface area contributed by atoms with Gasteiger partial charge < -0.3 is 14.9 Å². The van der Waals surface area contributed by atoms with Crippen LogP contribution in [0.1, 0.15) is 64.7 Å². The Balaban J connectivity index is 0.00000277. The number of para-hydroxylation sites is 1. The van der Waals surface area contributed by atoms with Crippen LogP contribution in [0.5, 0.6) is 0 Å². The Bertz CT molecular complexity index is 488. The molecule has 0 radical (unpaired) electrons. The molecule has 0 atom stereocenters. The van der Waals surface area contributed by atoms with Crippen molar-refractivity contribution in [2.75, 3.05) is 25.7 Å². The summed E-state index contributed by atoms with van der Waals surface area (Å²) in [7, 11) is 1.38. The summed E-state index contributed by atoms with van der Waals surface area (Å²) < 4.78 is 10.4. The van der Waals surface area contributed by atoms with E-state index in [4.69, 9.17) is 9.47 Å². The highest BCUT2D eigenvalue weighted by molar-refractivity contribution is 5.95. The van der Waals surface area contributed by atoms with Gasteiger partial charge in [-0.3, -0.25) is 0 Å². The molecule has 144 valence electrons. The third-order valence-electron chi connectivity index (χ3n) is 3.41. The molecule has 0 saturated heterocycles. The van der Waals surface area contributed by atoms with Crippen molar-refractivity contribution in [1.29, 1.82) is 0 Å². The van der Waals surface area contributed by atoms with Crippen molar-refractivity contribution in [2.45, 2.75) is 59.9 Å². The highest BCUT2D eigenvalue weighted by atomic mass is 16.5. The molecule has 0 heterocycles. The molecule has 0 fully saturated rings. The van der Waals surface area contributed by atoms with Gasteiger partial charge in [-0.2, -0.15) is 0 Å². The summed E-state index contributed by atoms with van der Waals surface area (Å²) in [5.41, 5.74) is 7.52. The maximum atomic E-state index is 11.8. The molecule has 1 aromatic rings. The number of esters is 1. The second kappa shape index (κ2) is 12.7. The van der Waals surface area contributed by atoms with E-state index in [1.807, 2.05) is 32.0 Å². The van der Waals surface area contributed by atoms with Crippen molar-refractivity contribution in [3.63, 3.8) is 0 Å². The molecule has 1 aromatic carbocycles. The lowest BCUT2D eigenvalue weighted by molar-refractivity contribution is 0.0601. The number of benzene rings is 1. The lowest BCUT2D eigenvalue weighted by Gasteiger charge is -2.27. The molecule has 1 rings (SSSR count). The first-order chi connectivity index (χ1) is 11.9. The quantitative estimate of drug-likeness (QED) is 0.365. The Morgan fingerprint density at radius 3 is 2.44 bits per heavy atom. The summed E-state index contributed by atoms with van der Waals surface area (Å²) in [6, 6.07) is 7.28. The minimum atomic E-state index is -0.352. The van der Waals surface area contributed by atoms with Crippen LogP contribution in [-0.4, -0.2) is 31.8 Å². The van der Waals surface area contributed by atoms with E-state index >= 15 is 0 Å². The predicted molar refractivity (Wildman–Crippen MR) is 105 cm³/mol. The van der Waals surface area contributed by atoms with Gasteiger partial charge in [-0.1, -0.05) is 39.8 Å². The van der Waals surface area contributed by atoms with Crippen LogP contribution in [0.3, 0.4) is 0 Å². The fraction of sp³-hybridized carbons (Fsp3) is 0.650. The summed E-state index contributed by atoms with van der Waals surface area (Å²) >= 11 is 0. The number of hydrogen-bond donors (Lipinski definition) is 2. The number of rotatable bonds is 10. The van der Waals surface area contributed by atoms with E-state index in [1.165, 1.54) is 7.11 Å². The van der Waals surface area contributed by atoms with E-state index in [0.717, 1.165) is 26.1 Å². The first kappa shape index (κ1) is 23.4. The summed E-state index contributed by atoms with van der Waals surface area (Å²) in [4.78, 5) is 11.8. The highest BCUT2D eigenvalue weighted by Crippen LogP contribution is 2.17. The van der Waals surface area contributed by atoms with Gasteiger partial charge in [-0.25, -0.2) is 10.2 Å². The number of carbonyl (C=O) groups excluding carboxylic acids is 1. The largest absolute Gasteiger partial charge is 0.465 e. The normalized spacial score (nSPS) is 10.9. The third-order valence-corrected chi connectivity index (χ3v) is 3.41. The van der Waals surface area contributed by atoms with Crippen LogP contribution in [0.25, 0.3) is 0 Å². The van der Waals surface area contributed by atoms with Crippen molar-refractivity contribution in [3.05, 3.63) is 29.8 Å². The van der Waals surface area contributed by atoms with Crippen LogP contribution in [0.2, 0.25) is 0 Å². The fourth-order valence-corrected chi connectivity index (χ4v) is 2.11. The SMILES string of the molecule is CC.COC(=O)c1ccccc1NNC(C)(C)CCCOCC(C)C. The molecule has 5 heteroatoms. The first-order valence-corrected chi connectivity index (χ1v) is 9.14. The molecule has 2 N–H and O–H groups in total. The van der Waals surface area contributed by atoms with E-state index in [0.29, 0.717) is 17.2 Å². The van der Waals surface area contributed by atoms with Gasteiger partial charge in [0.05, 0.1) is 18.4 Å². The Hall–Kier alpha value is -1.59. The Morgan fingerprint density at radius 2 is 1.84 bits per heavy atom. The average molecular weight is 353 g/mol. The number of hydrogen-bond acceptors (Lipinski definition) is 5. The monoisotopic (exact) mass is 352 g/mol. The maximum Gasteiger partial charge on any atom is 0.340 e. The standard InChI is InChI=1S/C18H30N2O3.C2H6/c1-14(2)13-23-12-8-11-18(3,4)20-19-16-10-7-6-9-15(16)17(21)22-5;1-2/h6-7,9-10,14,19-20H,8,11-13H2,1-5H3;1-2H3. The molecule has 0 aliphatic carbocycles. The van der Waals surface area contributed by atoms with Crippen LogP contribution >= 0.6 is 0 Å². The molecular formula is C20H36N2O3. The molecule has 0 amide bonds. The summed E-state index contributed by atoms with van der Waals surface area (Å²) in [5.74, 6) is 0.215. The van der Waals surface area contributed by atoms with E-state index in [-0.39, 0.29) is 11.5 Å². The number of nitrogens with one attached hydrogen (secondary N) is 2. The van der Waals surface area contributed by atoms with E-state index < -0.39 is 0 Å². The minimum Gasteiger partial charge on any atom is -0.465 e. The Kier molecular flexibility index (Phi) is 11.9. The molecule has 0 aliphatic rings. The molecule has 0 bridgehead atoms. The third kappa shape index (κ3) is 10.1. The number of ether oxygens (including phenoxy) is 2. The molecule has 5 nitrogen and oxygen atoms in total. The van der Waals surface area contributed by atoms with Crippen LogP contribution in [0.15, 0.2) is 24.3 Å². The van der Waals surface area contributed by atoms with E-state index in [9.17, 15) is 4.79 Å². The zero-order valence-electron chi connectivity index (χ0n) is 16.9. The van der Waals surface area contributed by atoms with Gasteiger partial charge in [0.1, 0.15) is 0 Å². The zero-order valence-corrected chi connectivity index (χ0v) is 16.9. The molecular weight excluding hydrogens is 316 g/mol. The molecule has 0 aliphatic heterocycles. The molecule has 25 heavy (non-hydrogen) atoms. The molecule has 0 spiro atoms. The lowest BCUT2D eigenvalue weighted by atomic mass is 10.00. The summed E-state index contributed by atoms with van der Waals surface area (Å²) in [5, 5.41) is 0. The van der Waals surface area contributed by atoms with Crippen LogP contribution in [-0.2, 0) is 9.47 Å². The average Bonchev–Trinajstić information content (AvgIpc) is 2.60. The maximum absolute atomic E-state index is 11.8. The number of carbonyl (C=O) groups is 1. The summed E-state index contributed by atoms with van der Waals surface area (Å²) in [6.07, 6.45) is 1.94. The molecule has 0 aromatic heterocycles. The van der Waals surface area contributed by atoms with Gasteiger partial charge in [0, 0.05) is 18.8 Å². The minimum absolute atomic E-state index is 0.121. The van der Waals surface area contributed by atoms with Crippen LogP contribution in [0.4, 0.5) is 5.69 Å². The van der Waals surface area contributed by atoms with Gasteiger partial charge in [-0.15, -0.1) is 0 Å². The number of methoxy groups -OCH3 is 1. The van der Waals surface area contributed by atoms with Gasteiger partial charge in [-0.05, 0) is 44.7 Å². The van der Waals surface area contributed by atoms with Gasteiger partial charge in [0.2, 0.25) is 0 Å². The van der Waals surface area contributed by atoms with Crippen molar-refractivity contribution in [3.8, 4) is 0 Å². The van der Waals surface area contributed by atoms with Crippen molar-refractivity contribution in [2.24, 2.45) is 5.92 Å². The van der Waals surface area contributed by atoms with Gasteiger partial charge in [0.25, 0.3) is 0 Å². The second-order valence-corrected chi connectivity index (χ2v) is 6.74. The topological polar surface area (TPSA) is 59.6 Å². The van der Waals surface area contributed by atoms with Crippen molar-refractivity contribution in [1.82, 2.24) is 5.43 Å². The second-order valence-electron chi connectivity index (χ2n) is 6.74. The number of anilines is 1. The first-order valence-electron chi connectivity index (χ1n) is 9.14. The Morgan fingerprint density at radius 1 is 1.20 bits per heavy atom. The lowest BCUT2D eigenvalue weighted by Crippen LogP contribution is -2.43. The predicted octanol–water partition coefficient (Wildman–Crippen LogP) is 4.65. The van der Waals surface area contributed by atoms with Gasteiger partial charge in [0.15, 0.2) is 0 Å². The molecule has 0 saturated carbocycles. The Labute approximate surface area is 153 Å². The van der Waals surface area contributed by atoms with E-state index in [1.54, 1.807) is 6.07 Å². The van der Waals surface area contributed by atoms with Crippen LogP contribution < -0.4 is 10.9 Å². The number of hydrazine groups is 1. The highest BCUT2D eigenvalue weighted by Gasteiger charge is 2.18. The summed E-state index contributed by atoms with van der Waals surface area (Å²) in [6.45, 7) is 14.1. The zero-order chi connectivity index (χ0) is 19.3.